The minimum atomic E-state index is -3.88. The van der Waals surface area contributed by atoms with Crippen molar-refractivity contribution in [2.75, 3.05) is 31.4 Å². The summed E-state index contributed by atoms with van der Waals surface area (Å²) in [4.78, 5) is 17.4. The summed E-state index contributed by atoms with van der Waals surface area (Å²) in [5.41, 5.74) is 1.97. The molecule has 198 valence electrons. The molecule has 12 heteroatoms. The zero-order valence-electron chi connectivity index (χ0n) is 19.9. The first kappa shape index (κ1) is 28.5. The number of nitrogens with zero attached hydrogens (tertiary/aromatic N) is 2. The Hall–Kier alpha value is -1.52. The molecule has 0 bridgehead atoms. The highest BCUT2D eigenvalue weighted by Crippen LogP contribution is 2.35. The van der Waals surface area contributed by atoms with Crippen LogP contribution in [0.25, 0.3) is 0 Å². The van der Waals surface area contributed by atoms with E-state index in [4.69, 9.17) is 46.4 Å². The fourth-order valence-electron chi connectivity index (χ4n) is 4.26. The highest BCUT2D eigenvalue weighted by Gasteiger charge is 2.27. The number of hydrogen-bond donors (Lipinski definition) is 1. The largest absolute Gasteiger partial charge is 0.337 e. The molecule has 1 N–H and O–H groups in total. The molecule has 0 spiro atoms. The molecule has 1 aliphatic heterocycles. The molecule has 1 aliphatic rings. The number of sulfonamides is 1. The number of halogens is 4. The minimum absolute atomic E-state index is 0.0236. The number of nitrogens with one attached hydrogen (secondary N) is 1. The zero-order chi connectivity index (χ0) is 26.7. The average Bonchev–Trinajstić information content (AvgIpc) is 3.49. The molecular formula is C25H25Cl4N3O3S2. The van der Waals surface area contributed by atoms with Crippen LogP contribution in [-0.4, -0.2) is 50.8 Å². The smallest absolute Gasteiger partial charge is 0.271 e. The Bertz CT molecular complexity index is 1370. The van der Waals surface area contributed by atoms with Crippen molar-refractivity contribution in [1.29, 1.82) is 0 Å². The highest BCUT2D eigenvalue weighted by molar-refractivity contribution is 7.94. The molecule has 1 fully saturated rings. The number of hydrogen-bond acceptors (Lipinski definition) is 5. The van der Waals surface area contributed by atoms with Gasteiger partial charge in [-0.05, 0) is 67.4 Å². The predicted octanol–water partition coefficient (Wildman–Crippen LogP) is 7.00. The summed E-state index contributed by atoms with van der Waals surface area (Å²) in [5.74, 6) is -0.0866. The Kier molecular flexibility index (Phi) is 9.33. The van der Waals surface area contributed by atoms with Crippen molar-refractivity contribution < 1.29 is 13.2 Å². The Morgan fingerprint density at radius 1 is 1.03 bits per heavy atom. The van der Waals surface area contributed by atoms with Gasteiger partial charge in [0.2, 0.25) is 5.91 Å². The molecule has 6 nitrogen and oxygen atoms in total. The number of carbonyl (C=O) groups excluding carboxylic acids is 1. The molecule has 2 heterocycles. The van der Waals surface area contributed by atoms with E-state index in [0.717, 1.165) is 48.4 Å². The molecule has 0 aliphatic carbocycles. The van der Waals surface area contributed by atoms with E-state index in [-0.39, 0.29) is 31.9 Å². The van der Waals surface area contributed by atoms with Crippen LogP contribution in [0.15, 0.2) is 52.7 Å². The van der Waals surface area contributed by atoms with Crippen LogP contribution in [0.5, 0.6) is 0 Å². The van der Waals surface area contributed by atoms with Crippen molar-refractivity contribution >= 4 is 79.4 Å². The highest BCUT2D eigenvalue weighted by atomic mass is 35.5. The van der Waals surface area contributed by atoms with Crippen LogP contribution < -0.4 is 4.72 Å². The quantitative estimate of drug-likeness (QED) is 0.280. The second kappa shape index (κ2) is 12.1. The van der Waals surface area contributed by atoms with Gasteiger partial charge in [0.05, 0.1) is 27.5 Å². The topological polar surface area (TPSA) is 69.7 Å². The summed E-state index contributed by atoms with van der Waals surface area (Å²) in [6.45, 7) is 2.55. The third kappa shape index (κ3) is 7.12. The first-order valence-corrected chi connectivity index (χ1v) is 15.3. The second-order valence-electron chi connectivity index (χ2n) is 8.87. The van der Waals surface area contributed by atoms with Gasteiger partial charge in [-0.3, -0.25) is 9.52 Å². The molecule has 1 unspecified atom stereocenters. The molecule has 1 amide bonds. The van der Waals surface area contributed by atoms with E-state index in [1.807, 2.05) is 6.07 Å². The molecule has 0 radical (unpaired) electrons. The van der Waals surface area contributed by atoms with E-state index in [0.29, 0.717) is 22.3 Å². The number of likely N-dealkylation sites (N-methyl/N-ethyl adjacent to an activating group) is 1. The standard InChI is InChI=1S/C25H25Cl4N3O3S2/c1-31(23(33)12-16-7-8-19(26)20(27)11-16)22(15-32-9-2-3-10-32)17-5-4-6-18(13-17)30-37(34,35)24-14-21(28)25(29)36-24/h4-8,11,13-14,22,30H,2-3,9-10,12,15H2,1H3. The Labute approximate surface area is 241 Å². The Balaban J connectivity index is 1.58. The molecule has 1 atom stereocenters. The van der Waals surface area contributed by atoms with E-state index in [2.05, 4.69) is 9.62 Å². The molecule has 3 aromatic rings. The van der Waals surface area contributed by atoms with Gasteiger partial charge in [0.1, 0.15) is 8.55 Å². The molecule has 1 aromatic heterocycles. The van der Waals surface area contributed by atoms with E-state index in [1.54, 1.807) is 48.3 Å². The molecule has 0 saturated carbocycles. The lowest BCUT2D eigenvalue weighted by molar-refractivity contribution is -0.131. The van der Waals surface area contributed by atoms with Crippen molar-refractivity contribution in [3.63, 3.8) is 0 Å². The molecular weight excluding hydrogens is 596 g/mol. The van der Waals surface area contributed by atoms with Crippen LogP contribution in [0, 0.1) is 0 Å². The van der Waals surface area contributed by atoms with Gasteiger partial charge < -0.3 is 9.80 Å². The van der Waals surface area contributed by atoms with E-state index in [1.165, 1.54) is 6.07 Å². The predicted molar refractivity (Wildman–Crippen MR) is 153 cm³/mol. The van der Waals surface area contributed by atoms with Gasteiger partial charge in [0, 0.05) is 19.3 Å². The summed E-state index contributed by atoms with van der Waals surface area (Å²) in [5, 5.41) is 1.02. The fourth-order valence-corrected chi connectivity index (χ4v) is 7.51. The van der Waals surface area contributed by atoms with Crippen molar-refractivity contribution in [1.82, 2.24) is 9.80 Å². The van der Waals surface area contributed by atoms with Crippen molar-refractivity contribution in [2.45, 2.75) is 29.5 Å². The van der Waals surface area contributed by atoms with Crippen LogP contribution in [0.3, 0.4) is 0 Å². The number of anilines is 1. The number of thiophene rings is 1. The van der Waals surface area contributed by atoms with Crippen molar-refractivity contribution in [2.24, 2.45) is 0 Å². The summed E-state index contributed by atoms with van der Waals surface area (Å²) >= 11 is 25.0. The summed E-state index contributed by atoms with van der Waals surface area (Å²) < 4.78 is 28.7. The number of rotatable bonds is 9. The number of likely N-dealkylation sites (tertiary alicyclic amines) is 1. The fraction of sp³-hybridized carbons (Fsp3) is 0.320. The SMILES string of the molecule is CN(C(=O)Cc1ccc(Cl)c(Cl)c1)C(CN1CCCC1)c1cccc(NS(=O)(=O)c2cc(Cl)c(Cl)s2)c1. The van der Waals surface area contributed by atoms with E-state index < -0.39 is 10.0 Å². The molecule has 4 rings (SSSR count). The van der Waals surface area contributed by atoms with Gasteiger partial charge in [-0.25, -0.2) is 8.42 Å². The van der Waals surface area contributed by atoms with E-state index in [9.17, 15) is 13.2 Å². The Morgan fingerprint density at radius 3 is 2.41 bits per heavy atom. The summed E-state index contributed by atoms with van der Waals surface area (Å²) in [6.07, 6.45) is 2.38. The molecule has 37 heavy (non-hydrogen) atoms. The van der Waals surface area contributed by atoms with Crippen LogP contribution in [0.2, 0.25) is 19.4 Å². The Morgan fingerprint density at radius 2 is 1.76 bits per heavy atom. The molecule has 1 saturated heterocycles. The van der Waals surface area contributed by atoms with Crippen molar-refractivity contribution in [3.8, 4) is 0 Å². The zero-order valence-corrected chi connectivity index (χ0v) is 24.5. The van der Waals surface area contributed by atoms with Gasteiger partial charge in [0.15, 0.2) is 0 Å². The van der Waals surface area contributed by atoms with Gasteiger partial charge in [-0.2, -0.15) is 0 Å². The number of carbonyl (C=O) groups is 1. The van der Waals surface area contributed by atoms with Gasteiger partial charge in [-0.1, -0.05) is 64.6 Å². The van der Waals surface area contributed by atoms with Crippen molar-refractivity contribution in [3.05, 3.63) is 79.1 Å². The van der Waals surface area contributed by atoms with Crippen LogP contribution in [0.4, 0.5) is 5.69 Å². The van der Waals surface area contributed by atoms with Gasteiger partial charge in [-0.15, -0.1) is 11.3 Å². The lowest BCUT2D eigenvalue weighted by Crippen LogP contribution is -2.39. The lowest BCUT2D eigenvalue weighted by Gasteiger charge is -2.32. The average molecular weight is 621 g/mol. The normalized spacial score (nSPS) is 15.1. The first-order valence-electron chi connectivity index (χ1n) is 11.5. The molecule has 2 aromatic carbocycles. The van der Waals surface area contributed by atoms with Crippen LogP contribution in [0.1, 0.15) is 30.0 Å². The summed E-state index contributed by atoms with van der Waals surface area (Å²) in [6, 6.07) is 13.3. The minimum Gasteiger partial charge on any atom is -0.337 e. The van der Waals surface area contributed by atoms with E-state index >= 15 is 0 Å². The number of amides is 1. The first-order chi connectivity index (χ1) is 17.5. The van der Waals surface area contributed by atoms with Gasteiger partial charge >= 0.3 is 0 Å². The maximum atomic E-state index is 13.3. The number of benzene rings is 2. The summed E-state index contributed by atoms with van der Waals surface area (Å²) in [7, 11) is -2.11. The second-order valence-corrected chi connectivity index (χ2v) is 13.7. The third-order valence-electron chi connectivity index (χ3n) is 6.24. The van der Waals surface area contributed by atoms with Crippen LogP contribution >= 0.6 is 57.7 Å². The van der Waals surface area contributed by atoms with Crippen LogP contribution in [-0.2, 0) is 21.2 Å². The maximum absolute atomic E-state index is 13.3. The maximum Gasteiger partial charge on any atom is 0.271 e. The lowest BCUT2D eigenvalue weighted by atomic mass is 10.0. The third-order valence-corrected chi connectivity index (χ3v) is 10.7. The monoisotopic (exact) mass is 619 g/mol. The van der Waals surface area contributed by atoms with Gasteiger partial charge in [0.25, 0.3) is 10.0 Å².